The molecule has 0 saturated heterocycles. The molecule has 3 rings (SSSR count). The first kappa shape index (κ1) is 18.4. The summed E-state index contributed by atoms with van der Waals surface area (Å²) in [5, 5.41) is 3.24. The number of aryl methyl sites for hydroxylation is 2. The van der Waals surface area contributed by atoms with Gasteiger partial charge in [0.05, 0.1) is 6.54 Å². The van der Waals surface area contributed by atoms with Gasteiger partial charge in [0.25, 0.3) is 5.56 Å². The van der Waals surface area contributed by atoms with Gasteiger partial charge in [-0.25, -0.2) is 4.79 Å². The Balaban J connectivity index is 2.12. The molecule has 2 heterocycles. The highest BCUT2D eigenvalue weighted by atomic mass is 79.9. The number of imidazole rings is 1. The first-order valence-electron chi connectivity index (χ1n) is 8.58. The summed E-state index contributed by atoms with van der Waals surface area (Å²) in [5.41, 5.74) is 0.983. The Morgan fingerprint density at radius 1 is 1.19 bits per heavy atom. The summed E-state index contributed by atoms with van der Waals surface area (Å²) in [6.45, 7) is 3.10. The summed E-state index contributed by atoms with van der Waals surface area (Å²) in [4.78, 5) is 30.2. The van der Waals surface area contributed by atoms with E-state index in [9.17, 15) is 9.59 Å². The first-order chi connectivity index (χ1) is 12.4. The molecule has 0 fully saturated rings. The van der Waals surface area contributed by atoms with Crippen LogP contribution in [0.5, 0.6) is 0 Å². The normalized spacial score (nSPS) is 11.2. The Kier molecular flexibility index (Phi) is 5.31. The van der Waals surface area contributed by atoms with E-state index in [4.69, 9.17) is 0 Å². The predicted octanol–water partition coefficient (Wildman–Crippen LogP) is 2.46. The number of nitrogens with zero attached hydrogens (tertiary/aromatic N) is 4. The summed E-state index contributed by atoms with van der Waals surface area (Å²) in [7, 11) is 3.43. The second-order valence-electron chi connectivity index (χ2n) is 6.31. The summed E-state index contributed by atoms with van der Waals surface area (Å²) in [5.74, 6) is 0.598. The van der Waals surface area contributed by atoms with E-state index in [2.05, 4.69) is 33.2 Å². The van der Waals surface area contributed by atoms with Crippen LogP contribution >= 0.6 is 15.9 Å². The Labute approximate surface area is 159 Å². The van der Waals surface area contributed by atoms with Gasteiger partial charge in [-0.2, -0.15) is 4.98 Å². The van der Waals surface area contributed by atoms with Gasteiger partial charge in [-0.05, 0) is 24.1 Å². The average molecular weight is 420 g/mol. The van der Waals surface area contributed by atoms with Crippen molar-refractivity contribution >= 4 is 33.0 Å². The summed E-state index contributed by atoms with van der Waals surface area (Å²) in [6, 6.07) is 7.58. The van der Waals surface area contributed by atoms with E-state index in [0.29, 0.717) is 17.1 Å². The third kappa shape index (κ3) is 3.33. The van der Waals surface area contributed by atoms with Crippen LogP contribution < -0.4 is 16.6 Å². The van der Waals surface area contributed by atoms with E-state index in [1.807, 2.05) is 24.3 Å². The minimum Gasteiger partial charge on any atom is -0.356 e. The molecule has 0 spiro atoms. The maximum Gasteiger partial charge on any atom is 0.332 e. The molecule has 0 radical (unpaired) electrons. The fourth-order valence-corrected chi connectivity index (χ4v) is 3.38. The van der Waals surface area contributed by atoms with Gasteiger partial charge < -0.3 is 9.88 Å². The number of hydrogen-bond acceptors (Lipinski definition) is 4. The van der Waals surface area contributed by atoms with Crippen molar-refractivity contribution in [3.8, 4) is 0 Å². The quantitative estimate of drug-likeness (QED) is 0.622. The largest absolute Gasteiger partial charge is 0.356 e. The lowest BCUT2D eigenvalue weighted by molar-refractivity contribution is 0.655. The van der Waals surface area contributed by atoms with E-state index in [1.165, 1.54) is 9.13 Å². The van der Waals surface area contributed by atoms with Gasteiger partial charge in [-0.3, -0.25) is 13.9 Å². The third-order valence-corrected chi connectivity index (χ3v) is 4.90. The van der Waals surface area contributed by atoms with Crippen molar-refractivity contribution in [2.75, 3.05) is 11.9 Å². The topological polar surface area (TPSA) is 73.8 Å². The molecule has 0 aliphatic carbocycles. The molecule has 7 nitrogen and oxygen atoms in total. The number of rotatable bonds is 6. The van der Waals surface area contributed by atoms with Gasteiger partial charge >= 0.3 is 5.69 Å². The standard InChI is InChI=1S/C18H22BrN5O2/c1-4-5-9-20-17-21-15-14(22(17)2)16(25)24(18(26)23(15)3)11-12-7-6-8-13(19)10-12/h6-8,10H,4-5,9,11H2,1-3H3,(H,20,21). The molecule has 26 heavy (non-hydrogen) atoms. The molecule has 3 aromatic rings. The molecule has 0 aliphatic rings. The maximum absolute atomic E-state index is 13.0. The number of hydrogen-bond donors (Lipinski definition) is 1. The highest BCUT2D eigenvalue weighted by molar-refractivity contribution is 9.10. The average Bonchev–Trinajstić information content (AvgIpc) is 2.94. The van der Waals surface area contributed by atoms with Crippen molar-refractivity contribution in [2.45, 2.75) is 26.3 Å². The Morgan fingerprint density at radius 2 is 1.96 bits per heavy atom. The Morgan fingerprint density at radius 3 is 2.65 bits per heavy atom. The lowest BCUT2D eigenvalue weighted by Crippen LogP contribution is -2.39. The molecule has 0 bridgehead atoms. The lowest BCUT2D eigenvalue weighted by Gasteiger charge is -2.09. The molecule has 0 aliphatic heterocycles. The highest BCUT2D eigenvalue weighted by Crippen LogP contribution is 2.15. The maximum atomic E-state index is 13.0. The predicted molar refractivity (Wildman–Crippen MR) is 107 cm³/mol. The second-order valence-corrected chi connectivity index (χ2v) is 7.23. The summed E-state index contributed by atoms with van der Waals surface area (Å²) < 4.78 is 5.31. The fourth-order valence-electron chi connectivity index (χ4n) is 2.94. The van der Waals surface area contributed by atoms with Gasteiger partial charge in [-0.15, -0.1) is 0 Å². The van der Waals surface area contributed by atoms with Crippen molar-refractivity contribution in [3.05, 3.63) is 55.1 Å². The molecular weight excluding hydrogens is 398 g/mol. The zero-order valence-electron chi connectivity index (χ0n) is 15.1. The number of benzene rings is 1. The van der Waals surface area contributed by atoms with Gasteiger partial charge in [-0.1, -0.05) is 41.4 Å². The number of halogens is 1. The van der Waals surface area contributed by atoms with Gasteiger partial charge in [0, 0.05) is 25.1 Å². The van der Waals surface area contributed by atoms with Crippen molar-refractivity contribution in [3.63, 3.8) is 0 Å². The van der Waals surface area contributed by atoms with Crippen molar-refractivity contribution in [1.82, 2.24) is 18.7 Å². The molecule has 1 N–H and O–H groups in total. The number of fused-ring (bicyclic) bond motifs is 1. The molecule has 0 unspecified atom stereocenters. The van der Waals surface area contributed by atoms with Crippen LogP contribution in [0.3, 0.4) is 0 Å². The van der Waals surface area contributed by atoms with Crippen LogP contribution in [0.15, 0.2) is 38.3 Å². The second kappa shape index (κ2) is 7.49. The molecule has 1 aromatic carbocycles. The van der Waals surface area contributed by atoms with Crippen LogP contribution in [0, 0.1) is 0 Å². The van der Waals surface area contributed by atoms with E-state index in [1.54, 1.807) is 18.7 Å². The molecule has 0 amide bonds. The number of nitrogens with one attached hydrogen (secondary N) is 1. The van der Waals surface area contributed by atoms with Crippen molar-refractivity contribution < 1.29 is 0 Å². The van der Waals surface area contributed by atoms with Crippen LogP contribution in [0.1, 0.15) is 25.3 Å². The van der Waals surface area contributed by atoms with E-state index in [-0.39, 0.29) is 17.8 Å². The van der Waals surface area contributed by atoms with Crippen LogP contribution in [0.2, 0.25) is 0 Å². The van der Waals surface area contributed by atoms with E-state index in [0.717, 1.165) is 29.4 Å². The van der Waals surface area contributed by atoms with E-state index >= 15 is 0 Å². The summed E-state index contributed by atoms with van der Waals surface area (Å²) >= 11 is 3.42. The SMILES string of the molecule is CCCCNc1nc2c(c(=O)n(Cc3cccc(Br)c3)c(=O)n2C)n1C. The molecular formula is C18H22BrN5O2. The third-order valence-electron chi connectivity index (χ3n) is 4.40. The first-order valence-corrected chi connectivity index (χ1v) is 9.38. The minimum absolute atomic E-state index is 0.213. The molecule has 8 heteroatoms. The van der Waals surface area contributed by atoms with Gasteiger partial charge in [0.2, 0.25) is 5.95 Å². The van der Waals surface area contributed by atoms with Crippen LogP contribution in [-0.2, 0) is 20.6 Å². The smallest absolute Gasteiger partial charge is 0.332 e. The number of aromatic nitrogens is 4. The monoisotopic (exact) mass is 419 g/mol. The Hall–Kier alpha value is -2.35. The van der Waals surface area contributed by atoms with Crippen molar-refractivity contribution in [1.29, 1.82) is 0 Å². The zero-order valence-corrected chi connectivity index (χ0v) is 16.7. The van der Waals surface area contributed by atoms with Crippen molar-refractivity contribution in [2.24, 2.45) is 14.1 Å². The molecule has 0 saturated carbocycles. The summed E-state index contributed by atoms with van der Waals surface area (Å²) in [6.07, 6.45) is 2.07. The Bertz CT molecular complexity index is 1060. The molecule has 2 aromatic heterocycles. The zero-order chi connectivity index (χ0) is 18.8. The van der Waals surface area contributed by atoms with Gasteiger partial charge in [0.15, 0.2) is 11.2 Å². The number of unbranched alkanes of at least 4 members (excludes halogenated alkanes) is 1. The molecule has 0 atom stereocenters. The van der Waals surface area contributed by atoms with Crippen LogP contribution in [-0.4, -0.2) is 25.2 Å². The fraction of sp³-hybridized carbons (Fsp3) is 0.389. The highest BCUT2D eigenvalue weighted by Gasteiger charge is 2.18. The molecule has 138 valence electrons. The van der Waals surface area contributed by atoms with Gasteiger partial charge in [0.1, 0.15) is 0 Å². The lowest BCUT2D eigenvalue weighted by atomic mass is 10.2. The van der Waals surface area contributed by atoms with Crippen LogP contribution in [0.4, 0.5) is 5.95 Å². The van der Waals surface area contributed by atoms with E-state index < -0.39 is 0 Å². The van der Waals surface area contributed by atoms with Crippen LogP contribution in [0.25, 0.3) is 11.2 Å². The minimum atomic E-state index is -0.374. The number of anilines is 1.